The first-order chi connectivity index (χ1) is 12.8. The van der Waals surface area contributed by atoms with E-state index < -0.39 is 0 Å². The Hall–Kier alpha value is -2.37. The van der Waals surface area contributed by atoms with Crippen molar-refractivity contribution >= 4 is 11.0 Å². The van der Waals surface area contributed by atoms with Crippen LogP contribution in [-0.4, -0.2) is 19.7 Å². The van der Waals surface area contributed by atoms with Crippen LogP contribution in [0.25, 0.3) is 22.4 Å². The number of H-pyrrole nitrogens is 1. The van der Waals surface area contributed by atoms with Crippen molar-refractivity contribution in [1.29, 1.82) is 0 Å². The van der Waals surface area contributed by atoms with Crippen LogP contribution in [-0.2, 0) is 0 Å². The first kappa shape index (κ1) is 15.9. The van der Waals surface area contributed by atoms with Crippen LogP contribution in [0, 0.1) is 0 Å². The summed E-state index contributed by atoms with van der Waals surface area (Å²) in [6.07, 6.45) is 10.6. The third kappa shape index (κ3) is 2.68. The molecule has 0 unspecified atom stereocenters. The van der Waals surface area contributed by atoms with Gasteiger partial charge in [-0.25, -0.2) is 4.79 Å². The number of benzene rings is 1. The minimum Gasteiger partial charge on any atom is -0.339 e. The Morgan fingerprint density at radius 3 is 2.62 bits per heavy atom. The molecule has 2 saturated carbocycles. The molecule has 1 N–H and O–H groups in total. The molecule has 1 aromatic carbocycles. The molecule has 0 atom stereocenters. The molecule has 2 aliphatic rings. The zero-order valence-electron chi connectivity index (χ0n) is 14.9. The molecule has 3 aromatic rings. The molecular weight excluding hydrogens is 328 g/mol. The highest BCUT2D eigenvalue weighted by Crippen LogP contribution is 2.34. The second kappa shape index (κ2) is 6.41. The Labute approximate surface area is 151 Å². The van der Waals surface area contributed by atoms with E-state index in [4.69, 9.17) is 4.52 Å². The van der Waals surface area contributed by atoms with Crippen molar-refractivity contribution in [2.45, 2.75) is 69.7 Å². The Bertz CT molecular complexity index is 971. The van der Waals surface area contributed by atoms with Crippen molar-refractivity contribution in [1.82, 2.24) is 19.7 Å². The van der Waals surface area contributed by atoms with Crippen LogP contribution < -0.4 is 5.69 Å². The van der Waals surface area contributed by atoms with Gasteiger partial charge in [-0.3, -0.25) is 4.57 Å². The second-order valence-electron chi connectivity index (χ2n) is 7.76. The quantitative estimate of drug-likeness (QED) is 0.750. The number of hydrogen-bond donors (Lipinski definition) is 1. The van der Waals surface area contributed by atoms with E-state index in [1.807, 2.05) is 22.8 Å². The molecule has 0 radical (unpaired) electrons. The van der Waals surface area contributed by atoms with Crippen molar-refractivity contribution in [3.05, 3.63) is 34.6 Å². The molecule has 0 saturated heterocycles. The Balaban J connectivity index is 1.48. The van der Waals surface area contributed by atoms with E-state index >= 15 is 0 Å². The minimum absolute atomic E-state index is 0.0138. The van der Waals surface area contributed by atoms with Crippen molar-refractivity contribution in [3.63, 3.8) is 0 Å². The third-order valence-electron chi connectivity index (χ3n) is 6.06. The SMILES string of the molecule is O=c1[nH]c2cc(-c3noc(C4CCCCC4)n3)ccc2n1C1CCCC1. The van der Waals surface area contributed by atoms with Crippen LogP contribution in [0.15, 0.2) is 27.5 Å². The van der Waals surface area contributed by atoms with Gasteiger partial charge in [0.1, 0.15) is 0 Å². The smallest absolute Gasteiger partial charge is 0.326 e. The summed E-state index contributed by atoms with van der Waals surface area (Å²) in [5.74, 6) is 1.77. The van der Waals surface area contributed by atoms with Crippen LogP contribution in [0.3, 0.4) is 0 Å². The minimum atomic E-state index is -0.0138. The van der Waals surface area contributed by atoms with E-state index in [9.17, 15) is 4.79 Å². The van der Waals surface area contributed by atoms with Crippen molar-refractivity contribution in [3.8, 4) is 11.4 Å². The Kier molecular flexibility index (Phi) is 3.91. The summed E-state index contributed by atoms with van der Waals surface area (Å²) in [4.78, 5) is 20.1. The lowest BCUT2D eigenvalue weighted by molar-refractivity contribution is 0.314. The molecule has 6 nitrogen and oxygen atoms in total. The maximum absolute atomic E-state index is 12.4. The highest BCUT2D eigenvalue weighted by atomic mass is 16.5. The average Bonchev–Trinajstić information content (AvgIpc) is 3.41. The Morgan fingerprint density at radius 1 is 1.04 bits per heavy atom. The molecule has 2 heterocycles. The molecule has 5 rings (SSSR count). The van der Waals surface area contributed by atoms with Crippen LogP contribution in [0.1, 0.15) is 75.6 Å². The zero-order chi connectivity index (χ0) is 17.5. The summed E-state index contributed by atoms with van der Waals surface area (Å²) < 4.78 is 7.47. The largest absolute Gasteiger partial charge is 0.339 e. The molecule has 2 fully saturated rings. The first-order valence-electron chi connectivity index (χ1n) is 9.88. The van der Waals surface area contributed by atoms with Gasteiger partial charge in [-0.1, -0.05) is 37.3 Å². The van der Waals surface area contributed by atoms with Gasteiger partial charge >= 0.3 is 5.69 Å². The summed E-state index contributed by atoms with van der Waals surface area (Å²) >= 11 is 0. The predicted octanol–water partition coefficient (Wildman–Crippen LogP) is 4.54. The summed E-state index contributed by atoms with van der Waals surface area (Å²) in [5, 5.41) is 4.19. The lowest BCUT2D eigenvalue weighted by atomic mass is 9.89. The van der Waals surface area contributed by atoms with E-state index in [0.29, 0.717) is 17.8 Å². The monoisotopic (exact) mass is 352 g/mol. The Morgan fingerprint density at radius 2 is 1.81 bits per heavy atom. The second-order valence-corrected chi connectivity index (χ2v) is 7.76. The van der Waals surface area contributed by atoms with Crippen molar-refractivity contribution in [2.75, 3.05) is 0 Å². The number of nitrogens with zero attached hydrogens (tertiary/aromatic N) is 3. The van der Waals surface area contributed by atoms with Gasteiger partial charge in [0.05, 0.1) is 11.0 Å². The summed E-state index contributed by atoms with van der Waals surface area (Å²) in [5.41, 5.74) is 2.70. The molecule has 0 bridgehead atoms. The number of rotatable bonds is 3. The summed E-state index contributed by atoms with van der Waals surface area (Å²) in [6.45, 7) is 0. The molecule has 0 spiro atoms. The highest BCUT2D eigenvalue weighted by Gasteiger charge is 2.23. The van der Waals surface area contributed by atoms with Gasteiger partial charge in [0, 0.05) is 17.5 Å². The van der Waals surface area contributed by atoms with E-state index in [1.165, 1.54) is 32.1 Å². The lowest BCUT2D eigenvalue weighted by Crippen LogP contribution is -2.20. The summed E-state index contributed by atoms with van der Waals surface area (Å²) in [6, 6.07) is 6.30. The van der Waals surface area contributed by atoms with Crippen molar-refractivity contribution in [2.24, 2.45) is 0 Å². The molecule has 26 heavy (non-hydrogen) atoms. The maximum atomic E-state index is 12.4. The summed E-state index contributed by atoms with van der Waals surface area (Å²) in [7, 11) is 0. The van der Waals surface area contributed by atoms with Gasteiger partial charge in [-0.2, -0.15) is 4.98 Å². The van der Waals surface area contributed by atoms with Crippen molar-refractivity contribution < 1.29 is 4.52 Å². The number of imidazole rings is 1. The molecule has 0 aliphatic heterocycles. The van der Waals surface area contributed by atoms with Crippen LogP contribution in [0.4, 0.5) is 0 Å². The number of hydrogen-bond acceptors (Lipinski definition) is 4. The van der Waals surface area contributed by atoms with E-state index in [1.54, 1.807) is 0 Å². The topological polar surface area (TPSA) is 76.7 Å². The number of nitrogens with one attached hydrogen (secondary N) is 1. The first-order valence-corrected chi connectivity index (χ1v) is 9.88. The normalized spacial score (nSPS) is 19.5. The van der Waals surface area contributed by atoms with Gasteiger partial charge in [0.25, 0.3) is 0 Å². The fourth-order valence-corrected chi connectivity index (χ4v) is 4.66. The molecule has 2 aliphatic carbocycles. The highest BCUT2D eigenvalue weighted by molar-refractivity contribution is 5.80. The molecular formula is C20H24N4O2. The third-order valence-corrected chi connectivity index (χ3v) is 6.06. The van der Waals surface area contributed by atoms with Gasteiger partial charge in [-0.05, 0) is 43.9 Å². The number of fused-ring (bicyclic) bond motifs is 1. The molecule has 2 aromatic heterocycles. The van der Waals surface area contributed by atoms with Crippen LogP contribution in [0.5, 0.6) is 0 Å². The van der Waals surface area contributed by atoms with Gasteiger partial charge in [-0.15, -0.1) is 0 Å². The maximum Gasteiger partial charge on any atom is 0.326 e. The fourth-order valence-electron chi connectivity index (χ4n) is 4.66. The molecule has 136 valence electrons. The van der Waals surface area contributed by atoms with E-state index in [-0.39, 0.29) is 5.69 Å². The fraction of sp³-hybridized carbons (Fsp3) is 0.550. The van der Waals surface area contributed by atoms with Crippen LogP contribution >= 0.6 is 0 Å². The van der Waals surface area contributed by atoms with E-state index in [0.717, 1.165) is 48.2 Å². The molecule has 0 amide bonds. The van der Waals surface area contributed by atoms with Gasteiger partial charge < -0.3 is 9.51 Å². The van der Waals surface area contributed by atoms with Gasteiger partial charge in [0.15, 0.2) is 0 Å². The van der Waals surface area contributed by atoms with Crippen LogP contribution in [0.2, 0.25) is 0 Å². The van der Waals surface area contributed by atoms with Gasteiger partial charge in [0.2, 0.25) is 11.7 Å². The predicted molar refractivity (Wildman–Crippen MR) is 99.2 cm³/mol. The number of aromatic nitrogens is 4. The zero-order valence-corrected chi connectivity index (χ0v) is 14.9. The standard InChI is InChI=1S/C20H24N4O2/c25-20-21-16-12-14(10-11-17(16)24(20)15-8-4-5-9-15)18-22-19(26-23-18)13-6-2-1-3-7-13/h10-13,15H,1-9H2,(H,21,25). The number of aromatic amines is 1. The average molecular weight is 352 g/mol. The van der Waals surface area contributed by atoms with E-state index in [2.05, 4.69) is 15.1 Å². The lowest BCUT2D eigenvalue weighted by Gasteiger charge is -2.17. The molecule has 6 heteroatoms.